The van der Waals surface area contributed by atoms with E-state index in [1.807, 2.05) is 0 Å². The molecular formula is C13H14O5. The molecule has 0 saturated heterocycles. The first-order valence-electron chi connectivity index (χ1n) is 5.19. The number of rotatable bonds is 5. The van der Waals surface area contributed by atoms with Crippen LogP contribution in [0, 0.1) is 6.92 Å². The maximum Gasteiger partial charge on any atom is 0.338 e. The topological polar surface area (TPSA) is 61.8 Å². The number of ether oxygens (including phenoxy) is 3. The second kappa shape index (κ2) is 6.44. The van der Waals surface area contributed by atoms with Crippen LogP contribution in [0.15, 0.2) is 30.9 Å². The smallest absolute Gasteiger partial charge is 0.338 e. The Balaban J connectivity index is 2.64. The van der Waals surface area contributed by atoms with Crippen LogP contribution in [0.2, 0.25) is 0 Å². The predicted octanol–water partition coefficient (Wildman–Crippen LogP) is 1.85. The SMILES string of the molecule is C=CC(=O)OCOc1ccc(C(=O)OC)c(C)c1. The molecule has 0 aliphatic rings. The molecule has 0 amide bonds. The zero-order valence-electron chi connectivity index (χ0n) is 10.3. The molecule has 0 aromatic heterocycles. The van der Waals surface area contributed by atoms with Crippen molar-refractivity contribution < 1.29 is 23.8 Å². The number of methoxy groups -OCH3 is 1. The molecule has 1 aromatic carbocycles. The summed E-state index contributed by atoms with van der Waals surface area (Å²) in [6.45, 7) is 4.81. The van der Waals surface area contributed by atoms with Crippen molar-refractivity contribution in [2.75, 3.05) is 13.9 Å². The maximum absolute atomic E-state index is 11.3. The average Bonchev–Trinajstić information content (AvgIpc) is 2.37. The van der Waals surface area contributed by atoms with Gasteiger partial charge in [0.15, 0.2) is 0 Å². The van der Waals surface area contributed by atoms with Crippen LogP contribution in [0.4, 0.5) is 0 Å². The first-order chi connectivity index (χ1) is 8.58. The molecule has 0 bridgehead atoms. The molecule has 0 N–H and O–H groups in total. The van der Waals surface area contributed by atoms with Crippen molar-refractivity contribution in [2.24, 2.45) is 0 Å². The minimum atomic E-state index is -0.557. The molecule has 0 saturated carbocycles. The van der Waals surface area contributed by atoms with Gasteiger partial charge in [-0.25, -0.2) is 9.59 Å². The standard InChI is InChI=1S/C13H14O5/c1-4-12(14)18-8-17-10-5-6-11(9(2)7-10)13(15)16-3/h4-7H,1,8H2,2-3H3. The number of benzene rings is 1. The van der Waals surface area contributed by atoms with E-state index in [1.165, 1.54) is 7.11 Å². The molecule has 0 radical (unpaired) electrons. The van der Waals surface area contributed by atoms with Gasteiger partial charge in [0.05, 0.1) is 12.7 Å². The Morgan fingerprint density at radius 1 is 1.39 bits per heavy atom. The fourth-order valence-electron chi connectivity index (χ4n) is 1.28. The van der Waals surface area contributed by atoms with Crippen molar-refractivity contribution in [3.05, 3.63) is 42.0 Å². The van der Waals surface area contributed by atoms with Crippen LogP contribution >= 0.6 is 0 Å². The fraction of sp³-hybridized carbons (Fsp3) is 0.231. The minimum Gasteiger partial charge on any atom is -0.465 e. The summed E-state index contributed by atoms with van der Waals surface area (Å²) in [5.41, 5.74) is 1.18. The molecule has 96 valence electrons. The van der Waals surface area contributed by atoms with E-state index in [0.717, 1.165) is 11.6 Å². The summed E-state index contributed by atoms with van der Waals surface area (Å²) >= 11 is 0. The van der Waals surface area contributed by atoms with Crippen molar-refractivity contribution in [1.29, 1.82) is 0 Å². The fourth-order valence-corrected chi connectivity index (χ4v) is 1.28. The average molecular weight is 250 g/mol. The first-order valence-corrected chi connectivity index (χ1v) is 5.19. The summed E-state index contributed by atoms with van der Waals surface area (Å²) in [5, 5.41) is 0. The molecule has 0 unspecified atom stereocenters. The lowest BCUT2D eigenvalue weighted by Gasteiger charge is -2.08. The van der Waals surface area contributed by atoms with Crippen molar-refractivity contribution in [2.45, 2.75) is 6.92 Å². The zero-order chi connectivity index (χ0) is 13.5. The van der Waals surface area contributed by atoms with Crippen LogP contribution in [0.25, 0.3) is 0 Å². The molecule has 5 heteroatoms. The van der Waals surface area contributed by atoms with Crippen LogP contribution in [-0.2, 0) is 14.3 Å². The highest BCUT2D eigenvalue weighted by molar-refractivity contribution is 5.91. The highest BCUT2D eigenvalue weighted by Gasteiger charge is 2.09. The summed E-state index contributed by atoms with van der Waals surface area (Å²) in [6.07, 6.45) is 1.05. The lowest BCUT2D eigenvalue weighted by molar-refractivity contribution is -0.144. The lowest BCUT2D eigenvalue weighted by Crippen LogP contribution is -2.08. The maximum atomic E-state index is 11.3. The number of carbonyl (C=O) groups is 2. The Bertz CT molecular complexity index is 464. The predicted molar refractivity (Wildman–Crippen MR) is 64.3 cm³/mol. The van der Waals surface area contributed by atoms with Crippen molar-refractivity contribution >= 4 is 11.9 Å². The van der Waals surface area contributed by atoms with E-state index >= 15 is 0 Å². The second-order valence-electron chi connectivity index (χ2n) is 3.40. The van der Waals surface area contributed by atoms with Gasteiger partial charge in [0, 0.05) is 6.08 Å². The number of hydrogen-bond donors (Lipinski definition) is 0. The van der Waals surface area contributed by atoms with Gasteiger partial charge in [0.25, 0.3) is 0 Å². The Hall–Kier alpha value is -2.30. The summed E-state index contributed by atoms with van der Waals surface area (Å²) in [5.74, 6) is -0.466. The molecule has 0 heterocycles. The molecule has 1 rings (SSSR count). The van der Waals surface area contributed by atoms with Crippen LogP contribution in [0.3, 0.4) is 0 Å². The molecule has 0 aliphatic carbocycles. The molecule has 0 fully saturated rings. The quantitative estimate of drug-likeness (QED) is 0.453. The van der Waals surface area contributed by atoms with E-state index in [9.17, 15) is 9.59 Å². The molecule has 5 nitrogen and oxygen atoms in total. The van der Waals surface area contributed by atoms with E-state index in [1.54, 1.807) is 25.1 Å². The van der Waals surface area contributed by atoms with E-state index < -0.39 is 11.9 Å². The normalized spacial score (nSPS) is 9.44. The van der Waals surface area contributed by atoms with Gasteiger partial charge in [-0.1, -0.05) is 6.58 Å². The monoisotopic (exact) mass is 250 g/mol. The van der Waals surface area contributed by atoms with Crippen molar-refractivity contribution in [3.8, 4) is 5.75 Å². The largest absolute Gasteiger partial charge is 0.465 e. The molecule has 0 atom stereocenters. The Morgan fingerprint density at radius 2 is 2.11 bits per heavy atom. The third-order valence-corrected chi connectivity index (χ3v) is 2.20. The summed E-state index contributed by atoms with van der Waals surface area (Å²) < 4.78 is 14.5. The van der Waals surface area contributed by atoms with E-state index in [2.05, 4.69) is 16.1 Å². The highest BCUT2D eigenvalue weighted by atomic mass is 16.7. The molecular weight excluding hydrogens is 236 g/mol. The van der Waals surface area contributed by atoms with Gasteiger partial charge >= 0.3 is 11.9 Å². The Labute approximate surface area is 105 Å². The number of carbonyl (C=O) groups excluding carboxylic acids is 2. The van der Waals surface area contributed by atoms with Gasteiger partial charge in [-0.3, -0.25) is 0 Å². The minimum absolute atomic E-state index is 0.206. The van der Waals surface area contributed by atoms with Crippen LogP contribution in [-0.4, -0.2) is 25.8 Å². The highest BCUT2D eigenvalue weighted by Crippen LogP contribution is 2.17. The van der Waals surface area contributed by atoms with Crippen LogP contribution in [0.1, 0.15) is 15.9 Å². The number of hydrogen-bond acceptors (Lipinski definition) is 5. The number of aryl methyl sites for hydroxylation is 1. The summed E-state index contributed by atoms with van der Waals surface area (Å²) in [7, 11) is 1.32. The van der Waals surface area contributed by atoms with Gasteiger partial charge in [0.1, 0.15) is 5.75 Å². The van der Waals surface area contributed by atoms with Crippen molar-refractivity contribution in [1.82, 2.24) is 0 Å². The van der Waals surface area contributed by atoms with E-state index in [-0.39, 0.29) is 6.79 Å². The second-order valence-corrected chi connectivity index (χ2v) is 3.40. The summed E-state index contributed by atoms with van der Waals surface area (Å²) in [6, 6.07) is 4.85. The van der Waals surface area contributed by atoms with Crippen LogP contribution in [0.5, 0.6) is 5.75 Å². The zero-order valence-corrected chi connectivity index (χ0v) is 10.3. The Morgan fingerprint density at radius 3 is 2.67 bits per heavy atom. The lowest BCUT2D eigenvalue weighted by atomic mass is 10.1. The van der Waals surface area contributed by atoms with Crippen LogP contribution < -0.4 is 4.74 Å². The third kappa shape index (κ3) is 3.62. The first kappa shape index (κ1) is 13.8. The summed E-state index contributed by atoms with van der Waals surface area (Å²) in [4.78, 5) is 22.1. The Kier molecular flexibility index (Phi) is 4.92. The molecule has 0 aliphatic heterocycles. The van der Waals surface area contributed by atoms with Crippen molar-refractivity contribution in [3.63, 3.8) is 0 Å². The van der Waals surface area contributed by atoms with E-state index in [4.69, 9.17) is 4.74 Å². The van der Waals surface area contributed by atoms with Gasteiger partial charge in [-0.05, 0) is 30.7 Å². The third-order valence-electron chi connectivity index (χ3n) is 2.20. The van der Waals surface area contributed by atoms with Gasteiger partial charge in [0.2, 0.25) is 6.79 Å². The van der Waals surface area contributed by atoms with E-state index in [0.29, 0.717) is 11.3 Å². The number of esters is 2. The van der Waals surface area contributed by atoms with Gasteiger partial charge < -0.3 is 14.2 Å². The molecule has 18 heavy (non-hydrogen) atoms. The molecule has 1 aromatic rings. The van der Waals surface area contributed by atoms with Gasteiger partial charge in [-0.2, -0.15) is 0 Å². The van der Waals surface area contributed by atoms with Gasteiger partial charge in [-0.15, -0.1) is 0 Å². The molecule has 0 spiro atoms.